The molecule has 16 heavy (non-hydrogen) atoms. The van der Waals surface area contributed by atoms with E-state index in [4.69, 9.17) is 5.11 Å². The van der Waals surface area contributed by atoms with Gasteiger partial charge < -0.3 is 9.84 Å². The summed E-state index contributed by atoms with van der Waals surface area (Å²) < 4.78 is 4.53. The van der Waals surface area contributed by atoms with Crippen molar-refractivity contribution in [1.29, 1.82) is 0 Å². The highest BCUT2D eigenvalue weighted by Crippen LogP contribution is 2.14. The molecule has 0 atom stereocenters. The predicted octanol–water partition coefficient (Wildman–Crippen LogP) is 1.72. The molecule has 0 spiro atoms. The lowest BCUT2D eigenvalue weighted by Gasteiger charge is -2.05. The van der Waals surface area contributed by atoms with Gasteiger partial charge in [0.1, 0.15) is 0 Å². The van der Waals surface area contributed by atoms with Crippen molar-refractivity contribution in [2.24, 2.45) is 0 Å². The van der Waals surface area contributed by atoms with Gasteiger partial charge in [0.2, 0.25) is 0 Å². The zero-order chi connectivity index (χ0) is 12.0. The van der Waals surface area contributed by atoms with Gasteiger partial charge in [0.25, 0.3) is 0 Å². The molecule has 0 saturated heterocycles. The third-order valence-corrected chi connectivity index (χ3v) is 2.28. The maximum atomic E-state index is 11.0. The molecule has 1 aromatic rings. The molecule has 0 fully saturated rings. The maximum Gasteiger partial charge on any atom is 0.330 e. The molecule has 0 amide bonds. The van der Waals surface area contributed by atoms with E-state index in [9.17, 15) is 4.79 Å². The summed E-state index contributed by atoms with van der Waals surface area (Å²) in [5.41, 5.74) is 3.08. The van der Waals surface area contributed by atoms with Gasteiger partial charge in [-0.3, -0.25) is 0 Å². The maximum absolute atomic E-state index is 11.0. The summed E-state index contributed by atoms with van der Waals surface area (Å²) in [5, 5.41) is 8.92. The van der Waals surface area contributed by atoms with Crippen LogP contribution in [0.4, 0.5) is 0 Å². The summed E-state index contributed by atoms with van der Waals surface area (Å²) in [5.74, 6) is -0.378. The third kappa shape index (κ3) is 3.51. The second-order valence-corrected chi connectivity index (χ2v) is 3.53. The summed E-state index contributed by atoms with van der Waals surface area (Å²) in [7, 11) is 1.34. The third-order valence-electron chi connectivity index (χ3n) is 2.28. The second-order valence-electron chi connectivity index (χ2n) is 3.53. The standard InChI is InChI=1S/C13H16O3/c1-10-3-4-11(7-8-14)12(9-10)5-6-13(15)16-2/h3-6,9,14H,7-8H2,1-2H3/b6-5+. The van der Waals surface area contributed by atoms with Crippen LogP contribution in [0, 0.1) is 6.92 Å². The minimum Gasteiger partial charge on any atom is -0.466 e. The fourth-order valence-corrected chi connectivity index (χ4v) is 1.44. The average molecular weight is 220 g/mol. The monoisotopic (exact) mass is 220 g/mol. The van der Waals surface area contributed by atoms with E-state index in [1.54, 1.807) is 6.08 Å². The zero-order valence-corrected chi connectivity index (χ0v) is 9.56. The Morgan fingerprint density at radius 1 is 1.50 bits per heavy atom. The predicted molar refractivity (Wildman–Crippen MR) is 63.0 cm³/mol. The number of methoxy groups -OCH3 is 1. The zero-order valence-electron chi connectivity index (χ0n) is 9.56. The van der Waals surface area contributed by atoms with Crippen LogP contribution in [-0.2, 0) is 16.0 Å². The lowest BCUT2D eigenvalue weighted by Crippen LogP contribution is -1.97. The SMILES string of the molecule is COC(=O)/C=C/c1cc(C)ccc1CCO. The van der Waals surface area contributed by atoms with Gasteiger partial charge in [-0.1, -0.05) is 23.8 Å². The van der Waals surface area contributed by atoms with Gasteiger partial charge >= 0.3 is 5.97 Å². The highest BCUT2D eigenvalue weighted by Gasteiger charge is 2.00. The van der Waals surface area contributed by atoms with Crippen LogP contribution in [0.1, 0.15) is 16.7 Å². The van der Waals surface area contributed by atoms with E-state index >= 15 is 0 Å². The average Bonchev–Trinajstić information content (AvgIpc) is 2.29. The van der Waals surface area contributed by atoms with Gasteiger partial charge in [-0.2, -0.15) is 0 Å². The Morgan fingerprint density at radius 2 is 2.25 bits per heavy atom. The Bertz CT molecular complexity index is 394. The van der Waals surface area contributed by atoms with Crippen LogP contribution in [0.5, 0.6) is 0 Å². The van der Waals surface area contributed by atoms with Crippen LogP contribution in [0.3, 0.4) is 0 Å². The normalized spacial score (nSPS) is 10.7. The fourth-order valence-electron chi connectivity index (χ4n) is 1.44. The molecule has 1 N–H and O–H groups in total. The molecule has 0 unspecified atom stereocenters. The Balaban J connectivity index is 2.95. The molecule has 3 heteroatoms. The lowest BCUT2D eigenvalue weighted by atomic mass is 10.0. The van der Waals surface area contributed by atoms with E-state index < -0.39 is 0 Å². The molecule has 0 bridgehead atoms. The first kappa shape index (κ1) is 12.5. The van der Waals surface area contributed by atoms with Crippen LogP contribution in [0.2, 0.25) is 0 Å². The van der Waals surface area contributed by atoms with Gasteiger partial charge in [0.15, 0.2) is 0 Å². The van der Waals surface area contributed by atoms with Gasteiger partial charge in [-0.15, -0.1) is 0 Å². The van der Waals surface area contributed by atoms with E-state index in [0.29, 0.717) is 6.42 Å². The highest BCUT2D eigenvalue weighted by molar-refractivity contribution is 5.87. The van der Waals surface area contributed by atoms with Gasteiger partial charge in [-0.25, -0.2) is 4.79 Å². The van der Waals surface area contributed by atoms with Crippen LogP contribution in [0.15, 0.2) is 24.3 Å². The van der Waals surface area contributed by atoms with Crippen molar-refractivity contribution in [2.45, 2.75) is 13.3 Å². The Hall–Kier alpha value is -1.61. The number of benzene rings is 1. The second kappa shape index (κ2) is 6.08. The molecule has 0 saturated carbocycles. The molecule has 1 rings (SSSR count). The summed E-state index contributed by atoms with van der Waals surface area (Å²) in [6.45, 7) is 2.08. The number of carbonyl (C=O) groups excluding carboxylic acids is 1. The first-order valence-electron chi connectivity index (χ1n) is 5.13. The van der Waals surface area contributed by atoms with Crippen LogP contribution < -0.4 is 0 Å². The Labute approximate surface area is 95.4 Å². The van der Waals surface area contributed by atoms with Gasteiger partial charge in [0.05, 0.1) is 7.11 Å². The lowest BCUT2D eigenvalue weighted by molar-refractivity contribution is -0.134. The summed E-state index contributed by atoms with van der Waals surface area (Å²) >= 11 is 0. The molecular weight excluding hydrogens is 204 g/mol. The van der Waals surface area contributed by atoms with Crippen molar-refractivity contribution in [3.05, 3.63) is 41.0 Å². The van der Waals surface area contributed by atoms with E-state index in [1.165, 1.54) is 13.2 Å². The quantitative estimate of drug-likeness (QED) is 0.620. The van der Waals surface area contributed by atoms with Gasteiger partial charge in [0, 0.05) is 12.7 Å². The minimum atomic E-state index is -0.378. The molecule has 0 heterocycles. The molecule has 0 aliphatic heterocycles. The molecule has 0 aromatic heterocycles. The van der Waals surface area contributed by atoms with Gasteiger partial charge in [-0.05, 0) is 30.5 Å². The smallest absolute Gasteiger partial charge is 0.330 e. The van der Waals surface area contributed by atoms with Crippen molar-refractivity contribution in [1.82, 2.24) is 0 Å². The minimum absolute atomic E-state index is 0.0993. The van der Waals surface area contributed by atoms with Crippen molar-refractivity contribution < 1.29 is 14.6 Å². The number of esters is 1. The summed E-state index contributed by atoms with van der Waals surface area (Å²) in [6.07, 6.45) is 3.68. The number of hydrogen-bond donors (Lipinski definition) is 1. The van der Waals surface area contributed by atoms with E-state index in [2.05, 4.69) is 4.74 Å². The number of rotatable bonds is 4. The largest absolute Gasteiger partial charge is 0.466 e. The fraction of sp³-hybridized carbons (Fsp3) is 0.308. The van der Waals surface area contributed by atoms with E-state index in [1.807, 2.05) is 25.1 Å². The molecule has 3 nitrogen and oxygen atoms in total. The number of carbonyl (C=O) groups is 1. The molecule has 0 aliphatic rings. The first-order valence-corrected chi connectivity index (χ1v) is 5.13. The molecule has 0 aliphatic carbocycles. The van der Waals surface area contributed by atoms with Crippen molar-refractivity contribution >= 4 is 12.0 Å². The Morgan fingerprint density at radius 3 is 2.88 bits per heavy atom. The number of aryl methyl sites for hydroxylation is 1. The van der Waals surface area contributed by atoms with E-state index in [-0.39, 0.29) is 12.6 Å². The first-order chi connectivity index (χ1) is 7.67. The van der Waals surface area contributed by atoms with Crippen LogP contribution in [0.25, 0.3) is 6.08 Å². The van der Waals surface area contributed by atoms with Crippen molar-refractivity contribution in [2.75, 3.05) is 13.7 Å². The Kier molecular flexibility index (Phi) is 4.73. The summed E-state index contributed by atoms with van der Waals surface area (Å²) in [6, 6.07) is 5.92. The van der Waals surface area contributed by atoms with Crippen LogP contribution in [-0.4, -0.2) is 24.8 Å². The van der Waals surface area contributed by atoms with E-state index in [0.717, 1.165) is 16.7 Å². The number of aliphatic hydroxyl groups excluding tert-OH is 1. The molecule has 1 aromatic carbocycles. The van der Waals surface area contributed by atoms with Crippen molar-refractivity contribution in [3.63, 3.8) is 0 Å². The number of aliphatic hydroxyl groups is 1. The number of ether oxygens (including phenoxy) is 1. The molecule has 0 radical (unpaired) electrons. The number of hydrogen-bond acceptors (Lipinski definition) is 3. The molecule has 86 valence electrons. The molecular formula is C13H16O3. The van der Waals surface area contributed by atoms with Crippen molar-refractivity contribution in [3.8, 4) is 0 Å². The topological polar surface area (TPSA) is 46.5 Å². The van der Waals surface area contributed by atoms with Crippen LogP contribution >= 0.6 is 0 Å². The highest BCUT2D eigenvalue weighted by atomic mass is 16.5. The summed E-state index contributed by atoms with van der Waals surface area (Å²) in [4.78, 5) is 11.0.